The molecule has 2 aromatic rings. The fourth-order valence-electron chi connectivity index (χ4n) is 2.04. The van der Waals surface area contributed by atoms with Gasteiger partial charge in [0.2, 0.25) is 0 Å². The quantitative estimate of drug-likeness (QED) is 0.837. The van der Waals surface area contributed by atoms with Crippen LogP contribution in [-0.4, -0.2) is 9.97 Å². The minimum absolute atomic E-state index is 0.363. The zero-order valence-electron chi connectivity index (χ0n) is 11.1. The lowest BCUT2D eigenvalue weighted by Crippen LogP contribution is -2.15. The molecule has 4 heteroatoms. The number of hydrogen-bond donors (Lipinski definition) is 2. The van der Waals surface area contributed by atoms with Crippen molar-refractivity contribution in [3.63, 3.8) is 0 Å². The maximum atomic E-state index is 5.79. The van der Waals surface area contributed by atoms with Gasteiger partial charge in [0, 0.05) is 11.9 Å². The average molecular weight is 271 g/mol. The Morgan fingerprint density at radius 3 is 2.74 bits per heavy atom. The van der Waals surface area contributed by atoms with Crippen molar-refractivity contribution in [2.75, 3.05) is 5.32 Å². The van der Waals surface area contributed by atoms with E-state index in [4.69, 9.17) is 18.0 Å². The number of para-hydroxylation sites is 1. The molecule has 0 bridgehead atoms. The van der Waals surface area contributed by atoms with E-state index in [2.05, 4.69) is 23.3 Å². The molecule has 1 heterocycles. The summed E-state index contributed by atoms with van der Waals surface area (Å²) in [5.74, 6) is 0.716. The van der Waals surface area contributed by atoms with E-state index in [1.807, 2.05) is 31.2 Å². The first-order chi connectivity index (χ1) is 9.13. The van der Waals surface area contributed by atoms with Gasteiger partial charge in [-0.2, -0.15) is 0 Å². The summed E-state index contributed by atoms with van der Waals surface area (Å²) >= 11 is 5.11. The van der Waals surface area contributed by atoms with E-state index >= 15 is 0 Å². The fraction of sp³-hybridized carbons (Fsp3) is 0.200. The lowest BCUT2D eigenvalue weighted by molar-refractivity contribution is 1.14. The van der Waals surface area contributed by atoms with Crippen LogP contribution in [0.4, 0.5) is 11.5 Å². The number of aryl methyl sites for hydroxylation is 2. The summed E-state index contributed by atoms with van der Waals surface area (Å²) in [6.45, 7) is 4.10. The normalized spacial score (nSPS) is 10.2. The van der Waals surface area contributed by atoms with Crippen LogP contribution in [0.2, 0.25) is 0 Å². The molecule has 0 saturated heterocycles. The molecule has 0 fully saturated rings. The second-order valence-corrected chi connectivity index (χ2v) is 4.79. The van der Waals surface area contributed by atoms with Crippen molar-refractivity contribution in [2.24, 2.45) is 5.73 Å². The van der Waals surface area contributed by atoms with Crippen molar-refractivity contribution in [2.45, 2.75) is 20.3 Å². The molecule has 0 atom stereocenters. The second-order valence-electron chi connectivity index (χ2n) is 4.35. The third kappa shape index (κ3) is 2.90. The van der Waals surface area contributed by atoms with Gasteiger partial charge >= 0.3 is 0 Å². The predicted molar refractivity (Wildman–Crippen MR) is 84.0 cm³/mol. The lowest BCUT2D eigenvalue weighted by Gasteiger charge is -2.14. The summed E-state index contributed by atoms with van der Waals surface area (Å²) in [6.07, 6.45) is 2.71. The zero-order chi connectivity index (χ0) is 13.8. The largest absolute Gasteiger partial charge is 0.389 e. The number of nitrogens with zero attached hydrogens (tertiary/aromatic N) is 1. The number of pyridine rings is 1. The van der Waals surface area contributed by atoms with E-state index in [9.17, 15) is 0 Å². The number of nitrogens with two attached hydrogens (primary N) is 1. The molecular formula is C15H17N3S. The highest BCUT2D eigenvalue weighted by Gasteiger charge is 2.11. The maximum Gasteiger partial charge on any atom is 0.140 e. The molecule has 1 aromatic heterocycles. The number of anilines is 2. The van der Waals surface area contributed by atoms with Crippen molar-refractivity contribution in [1.82, 2.24) is 4.98 Å². The van der Waals surface area contributed by atoms with Crippen LogP contribution in [0.3, 0.4) is 0 Å². The molecular weight excluding hydrogens is 254 g/mol. The third-order valence-electron chi connectivity index (χ3n) is 3.06. The van der Waals surface area contributed by atoms with Crippen LogP contribution in [0.15, 0.2) is 36.5 Å². The molecule has 0 aliphatic heterocycles. The lowest BCUT2D eigenvalue weighted by atomic mass is 10.1. The number of rotatable bonds is 4. The van der Waals surface area contributed by atoms with Gasteiger partial charge in [0.05, 0.1) is 5.56 Å². The standard InChI is InChI=1S/C15H17N3S/c1-3-11-6-4-5-7-12(11)18-15-13(14(16)19)10(2)8-9-17-15/h4-9H,3H2,1-2H3,(H2,16,19)(H,17,18). The van der Waals surface area contributed by atoms with Crippen molar-refractivity contribution >= 4 is 28.7 Å². The van der Waals surface area contributed by atoms with E-state index in [1.54, 1.807) is 6.20 Å². The molecule has 3 N–H and O–H groups in total. The van der Waals surface area contributed by atoms with Crippen LogP contribution in [0, 0.1) is 6.92 Å². The van der Waals surface area contributed by atoms with Gasteiger partial charge in [-0.05, 0) is 36.6 Å². The Bertz CT molecular complexity index is 608. The first kappa shape index (κ1) is 13.5. The number of aromatic nitrogens is 1. The number of thiocarbonyl (C=S) groups is 1. The Hall–Kier alpha value is -1.94. The van der Waals surface area contributed by atoms with E-state index in [1.165, 1.54) is 5.56 Å². The topological polar surface area (TPSA) is 50.9 Å². The zero-order valence-corrected chi connectivity index (χ0v) is 11.9. The van der Waals surface area contributed by atoms with Crippen LogP contribution in [0.25, 0.3) is 0 Å². The van der Waals surface area contributed by atoms with Crippen molar-refractivity contribution in [1.29, 1.82) is 0 Å². The van der Waals surface area contributed by atoms with Crippen molar-refractivity contribution < 1.29 is 0 Å². The van der Waals surface area contributed by atoms with E-state index in [0.717, 1.165) is 23.2 Å². The molecule has 2 rings (SSSR count). The molecule has 0 unspecified atom stereocenters. The van der Waals surface area contributed by atoms with Crippen molar-refractivity contribution in [3.8, 4) is 0 Å². The Morgan fingerprint density at radius 2 is 2.05 bits per heavy atom. The van der Waals surface area contributed by atoms with Gasteiger partial charge in [-0.3, -0.25) is 0 Å². The Labute approximate surface area is 118 Å². The SMILES string of the molecule is CCc1ccccc1Nc1nccc(C)c1C(N)=S. The summed E-state index contributed by atoms with van der Waals surface area (Å²) in [6, 6.07) is 10.1. The molecule has 98 valence electrons. The van der Waals surface area contributed by atoms with Gasteiger partial charge < -0.3 is 11.1 Å². The highest BCUT2D eigenvalue weighted by molar-refractivity contribution is 7.80. The molecule has 0 saturated carbocycles. The summed E-state index contributed by atoms with van der Waals surface area (Å²) in [7, 11) is 0. The van der Waals surface area contributed by atoms with Crippen LogP contribution in [0.1, 0.15) is 23.6 Å². The van der Waals surface area contributed by atoms with E-state index < -0.39 is 0 Å². The average Bonchev–Trinajstić information content (AvgIpc) is 2.39. The highest BCUT2D eigenvalue weighted by atomic mass is 32.1. The smallest absolute Gasteiger partial charge is 0.140 e. The van der Waals surface area contributed by atoms with Gasteiger partial charge in [-0.15, -0.1) is 0 Å². The highest BCUT2D eigenvalue weighted by Crippen LogP contribution is 2.24. The molecule has 0 spiro atoms. The first-order valence-electron chi connectivity index (χ1n) is 6.23. The number of hydrogen-bond acceptors (Lipinski definition) is 3. The fourth-order valence-corrected chi connectivity index (χ4v) is 2.30. The van der Waals surface area contributed by atoms with Crippen LogP contribution >= 0.6 is 12.2 Å². The van der Waals surface area contributed by atoms with Gasteiger partial charge in [0.1, 0.15) is 10.8 Å². The first-order valence-corrected chi connectivity index (χ1v) is 6.64. The van der Waals surface area contributed by atoms with Crippen LogP contribution in [-0.2, 0) is 6.42 Å². The van der Waals surface area contributed by atoms with Gasteiger partial charge in [0.25, 0.3) is 0 Å². The second kappa shape index (κ2) is 5.80. The minimum atomic E-state index is 0.363. The number of nitrogens with one attached hydrogen (secondary N) is 1. The van der Waals surface area contributed by atoms with E-state index in [-0.39, 0.29) is 0 Å². The molecule has 3 nitrogen and oxygen atoms in total. The van der Waals surface area contributed by atoms with Gasteiger partial charge in [-0.1, -0.05) is 37.3 Å². The third-order valence-corrected chi connectivity index (χ3v) is 3.26. The van der Waals surface area contributed by atoms with Crippen LogP contribution in [0.5, 0.6) is 0 Å². The van der Waals surface area contributed by atoms with Crippen molar-refractivity contribution in [3.05, 3.63) is 53.2 Å². The summed E-state index contributed by atoms with van der Waals surface area (Å²) in [4.78, 5) is 4.72. The monoisotopic (exact) mass is 271 g/mol. The molecule has 0 radical (unpaired) electrons. The molecule has 19 heavy (non-hydrogen) atoms. The van der Waals surface area contributed by atoms with Crippen LogP contribution < -0.4 is 11.1 Å². The Kier molecular flexibility index (Phi) is 4.12. The summed E-state index contributed by atoms with van der Waals surface area (Å²) < 4.78 is 0. The molecule has 0 aliphatic rings. The predicted octanol–water partition coefficient (Wildman–Crippen LogP) is 3.33. The molecule has 1 aromatic carbocycles. The number of benzene rings is 1. The maximum absolute atomic E-state index is 5.79. The minimum Gasteiger partial charge on any atom is -0.389 e. The molecule has 0 amide bonds. The van der Waals surface area contributed by atoms with E-state index in [0.29, 0.717) is 10.8 Å². The Balaban J connectivity index is 2.44. The van der Waals surface area contributed by atoms with Gasteiger partial charge in [-0.25, -0.2) is 4.98 Å². The summed E-state index contributed by atoms with van der Waals surface area (Å²) in [5, 5.41) is 3.34. The van der Waals surface area contributed by atoms with Gasteiger partial charge in [0.15, 0.2) is 0 Å². The Morgan fingerprint density at radius 1 is 1.32 bits per heavy atom. The molecule has 0 aliphatic carbocycles. The summed E-state index contributed by atoms with van der Waals surface area (Å²) in [5.41, 5.74) is 9.90.